The van der Waals surface area contributed by atoms with E-state index in [0.717, 1.165) is 12.0 Å². The maximum atomic E-state index is 12.4. The summed E-state index contributed by atoms with van der Waals surface area (Å²) < 4.78 is 10.5. The molecule has 0 spiro atoms. The first-order valence-electron chi connectivity index (χ1n) is 5.95. The molecule has 1 aliphatic heterocycles. The Morgan fingerprint density at radius 3 is 3.11 bits per heavy atom. The first kappa shape index (κ1) is 11.6. The summed E-state index contributed by atoms with van der Waals surface area (Å²) in [7, 11) is 1.50. The number of nitrogens with zero attached hydrogens (tertiary/aromatic N) is 2. The van der Waals surface area contributed by atoms with Gasteiger partial charge >= 0.3 is 0 Å². The third-order valence-electron chi connectivity index (χ3n) is 3.04. The Balaban J connectivity index is 2.02. The minimum absolute atomic E-state index is 0.181. The number of ether oxygens (including phenoxy) is 2. The van der Waals surface area contributed by atoms with Crippen molar-refractivity contribution in [1.82, 2.24) is 9.97 Å². The third-order valence-corrected chi connectivity index (χ3v) is 3.04. The molecule has 0 atom stereocenters. The summed E-state index contributed by atoms with van der Waals surface area (Å²) in [5, 5.41) is 0. The number of carbonyl (C=O) groups excluding carboxylic acids is 1. The maximum absolute atomic E-state index is 12.4. The monoisotopic (exact) mass is 256 g/mol. The van der Waals surface area contributed by atoms with Crippen LogP contribution in [0, 0.1) is 0 Å². The van der Waals surface area contributed by atoms with E-state index in [1.54, 1.807) is 6.07 Å². The molecule has 0 fully saturated rings. The Morgan fingerprint density at radius 1 is 1.37 bits per heavy atom. The van der Waals surface area contributed by atoms with Crippen LogP contribution in [0.2, 0.25) is 0 Å². The summed E-state index contributed by atoms with van der Waals surface area (Å²) in [6.45, 7) is 0.618. The van der Waals surface area contributed by atoms with Gasteiger partial charge in [-0.25, -0.2) is 9.97 Å². The first-order valence-corrected chi connectivity index (χ1v) is 5.95. The number of hydrogen-bond acceptors (Lipinski definition) is 5. The fraction of sp³-hybridized carbons (Fsp3) is 0.214. The lowest BCUT2D eigenvalue weighted by Crippen LogP contribution is -2.07. The summed E-state index contributed by atoms with van der Waals surface area (Å²) in [5.41, 5.74) is 1.90. The van der Waals surface area contributed by atoms with Crippen LogP contribution in [0.5, 0.6) is 11.6 Å². The zero-order valence-electron chi connectivity index (χ0n) is 10.4. The smallest absolute Gasteiger partial charge is 0.216 e. The molecule has 0 saturated carbocycles. The zero-order chi connectivity index (χ0) is 13.2. The predicted octanol–water partition coefficient (Wildman–Crippen LogP) is 1.65. The molecule has 0 saturated heterocycles. The largest absolute Gasteiger partial charge is 0.492 e. The molecule has 1 aromatic heterocycles. The number of para-hydroxylation sites is 1. The molecule has 5 nitrogen and oxygen atoms in total. The van der Waals surface area contributed by atoms with Gasteiger partial charge in [-0.2, -0.15) is 0 Å². The second-order valence-corrected chi connectivity index (χ2v) is 4.17. The number of aromatic nitrogens is 2. The van der Waals surface area contributed by atoms with Crippen LogP contribution in [0.4, 0.5) is 0 Å². The van der Waals surface area contributed by atoms with E-state index in [1.807, 2.05) is 12.1 Å². The second kappa shape index (κ2) is 4.68. The molecule has 0 radical (unpaired) electrons. The van der Waals surface area contributed by atoms with Gasteiger partial charge < -0.3 is 9.47 Å². The molecule has 0 bridgehead atoms. The average Bonchev–Trinajstić information content (AvgIpc) is 2.95. The van der Waals surface area contributed by atoms with Crippen LogP contribution < -0.4 is 9.47 Å². The molecule has 0 aliphatic carbocycles. The number of carbonyl (C=O) groups is 1. The minimum atomic E-state index is -0.181. The van der Waals surface area contributed by atoms with Crippen LogP contribution in [0.3, 0.4) is 0 Å². The lowest BCUT2D eigenvalue weighted by molar-refractivity contribution is 0.103. The molecule has 19 heavy (non-hydrogen) atoms. The van der Waals surface area contributed by atoms with E-state index in [4.69, 9.17) is 9.47 Å². The van der Waals surface area contributed by atoms with Gasteiger partial charge in [-0.05, 0) is 11.6 Å². The molecular formula is C14H12N2O3. The lowest BCUT2D eigenvalue weighted by Gasteiger charge is -2.07. The summed E-state index contributed by atoms with van der Waals surface area (Å²) in [5.74, 6) is 0.858. The van der Waals surface area contributed by atoms with Crippen LogP contribution in [-0.2, 0) is 6.42 Å². The maximum Gasteiger partial charge on any atom is 0.216 e. The third kappa shape index (κ3) is 2.03. The zero-order valence-corrected chi connectivity index (χ0v) is 10.4. The molecule has 2 heterocycles. The van der Waals surface area contributed by atoms with Crippen molar-refractivity contribution in [3.63, 3.8) is 0 Å². The highest BCUT2D eigenvalue weighted by molar-refractivity contribution is 6.09. The van der Waals surface area contributed by atoms with Crippen molar-refractivity contribution in [3.8, 4) is 11.6 Å². The summed E-state index contributed by atoms with van der Waals surface area (Å²) in [6, 6.07) is 7.11. The number of methoxy groups -OCH3 is 1. The molecule has 96 valence electrons. The van der Waals surface area contributed by atoms with Crippen molar-refractivity contribution >= 4 is 5.78 Å². The highest BCUT2D eigenvalue weighted by Gasteiger charge is 2.22. The molecule has 1 aromatic carbocycles. The Labute approximate surface area is 110 Å². The molecule has 1 aliphatic rings. The highest BCUT2D eigenvalue weighted by atomic mass is 16.5. The molecule has 5 heteroatoms. The van der Waals surface area contributed by atoms with E-state index < -0.39 is 0 Å². The lowest BCUT2D eigenvalue weighted by atomic mass is 10.0. The van der Waals surface area contributed by atoms with Crippen molar-refractivity contribution < 1.29 is 14.3 Å². The van der Waals surface area contributed by atoms with Gasteiger partial charge in [0.25, 0.3) is 0 Å². The average molecular weight is 256 g/mol. The Hall–Kier alpha value is -2.43. The molecule has 2 aromatic rings. The Kier molecular flexibility index (Phi) is 2.87. The molecule has 3 rings (SSSR count). The van der Waals surface area contributed by atoms with E-state index in [0.29, 0.717) is 29.5 Å². The van der Waals surface area contributed by atoms with Gasteiger partial charge in [-0.1, -0.05) is 12.1 Å². The van der Waals surface area contributed by atoms with Gasteiger partial charge in [0.15, 0.2) is 0 Å². The van der Waals surface area contributed by atoms with Gasteiger partial charge in [0.05, 0.1) is 19.3 Å². The van der Waals surface area contributed by atoms with E-state index in [1.165, 1.54) is 19.5 Å². The van der Waals surface area contributed by atoms with E-state index >= 15 is 0 Å². The van der Waals surface area contributed by atoms with Crippen LogP contribution in [0.25, 0.3) is 0 Å². The Bertz CT molecular complexity index is 640. The molecular weight excluding hydrogens is 244 g/mol. The van der Waals surface area contributed by atoms with E-state index in [-0.39, 0.29) is 5.78 Å². The number of rotatable bonds is 3. The SMILES string of the molecule is COc1cc(C(=O)c2cccc3c2OCC3)ncn1. The normalized spacial score (nSPS) is 12.7. The van der Waals surface area contributed by atoms with Crippen LogP contribution in [0.15, 0.2) is 30.6 Å². The van der Waals surface area contributed by atoms with E-state index in [9.17, 15) is 4.79 Å². The van der Waals surface area contributed by atoms with Crippen LogP contribution in [-0.4, -0.2) is 29.5 Å². The fourth-order valence-electron chi connectivity index (χ4n) is 2.11. The molecule has 0 N–H and O–H groups in total. The van der Waals surface area contributed by atoms with Gasteiger partial charge in [0.1, 0.15) is 17.8 Å². The number of ketones is 1. The second-order valence-electron chi connectivity index (χ2n) is 4.17. The number of benzene rings is 1. The summed E-state index contributed by atoms with van der Waals surface area (Å²) >= 11 is 0. The van der Waals surface area contributed by atoms with Crippen molar-refractivity contribution in [2.45, 2.75) is 6.42 Å². The summed E-state index contributed by atoms with van der Waals surface area (Å²) in [4.78, 5) is 20.3. The van der Waals surface area contributed by atoms with E-state index in [2.05, 4.69) is 9.97 Å². The van der Waals surface area contributed by atoms with Crippen molar-refractivity contribution in [2.75, 3.05) is 13.7 Å². The first-order chi connectivity index (χ1) is 9.29. The molecule has 0 unspecified atom stereocenters. The van der Waals surface area contributed by atoms with Gasteiger partial charge in [-0.15, -0.1) is 0 Å². The Morgan fingerprint density at radius 2 is 2.26 bits per heavy atom. The van der Waals surface area contributed by atoms with Crippen molar-refractivity contribution in [3.05, 3.63) is 47.4 Å². The standard InChI is InChI=1S/C14H12N2O3/c1-18-12-7-11(15-8-16-12)13(17)10-4-2-3-9-5-6-19-14(9)10/h2-4,7-8H,5-6H2,1H3. The molecule has 0 amide bonds. The minimum Gasteiger partial charge on any atom is -0.492 e. The van der Waals surface area contributed by atoms with Crippen molar-refractivity contribution in [1.29, 1.82) is 0 Å². The number of fused-ring (bicyclic) bond motifs is 1. The highest BCUT2D eigenvalue weighted by Crippen LogP contribution is 2.30. The number of hydrogen-bond donors (Lipinski definition) is 0. The van der Waals surface area contributed by atoms with Gasteiger partial charge in [0.2, 0.25) is 11.7 Å². The van der Waals surface area contributed by atoms with Crippen LogP contribution >= 0.6 is 0 Å². The fourth-order valence-corrected chi connectivity index (χ4v) is 2.11. The summed E-state index contributed by atoms with van der Waals surface area (Å²) in [6.07, 6.45) is 2.15. The van der Waals surface area contributed by atoms with Gasteiger partial charge in [0, 0.05) is 12.5 Å². The van der Waals surface area contributed by atoms with Crippen LogP contribution in [0.1, 0.15) is 21.6 Å². The van der Waals surface area contributed by atoms with Gasteiger partial charge in [-0.3, -0.25) is 4.79 Å². The van der Waals surface area contributed by atoms with Crippen molar-refractivity contribution in [2.24, 2.45) is 0 Å². The topological polar surface area (TPSA) is 61.3 Å². The predicted molar refractivity (Wildman–Crippen MR) is 67.7 cm³/mol. The quantitative estimate of drug-likeness (QED) is 0.781.